The monoisotopic (exact) mass is 373 g/mol. The number of amides is 1. The van der Waals surface area contributed by atoms with E-state index in [1.807, 2.05) is 60.7 Å². The van der Waals surface area contributed by atoms with Crippen molar-refractivity contribution in [3.8, 4) is 5.69 Å². The number of benzene rings is 2. The second-order valence-corrected chi connectivity index (χ2v) is 6.40. The summed E-state index contributed by atoms with van der Waals surface area (Å²) in [5.74, 6) is 0.298. The molecular weight excluding hydrogens is 354 g/mol. The lowest BCUT2D eigenvalue weighted by molar-refractivity contribution is -0.121. The molecular formula is C21H19N5O2. The second-order valence-electron chi connectivity index (χ2n) is 6.40. The van der Waals surface area contributed by atoms with E-state index in [9.17, 15) is 9.59 Å². The van der Waals surface area contributed by atoms with Gasteiger partial charge in [0, 0.05) is 6.42 Å². The molecule has 28 heavy (non-hydrogen) atoms. The molecule has 7 nitrogen and oxygen atoms in total. The lowest BCUT2D eigenvalue weighted by atomic mass is 10.1. The van der Waals surface area contributed by atoms with Crippen LogP contribution < -0.4 is 10.9 Å². The number of nitrogens with zero attached hydrogens (tertiary/aromatic N) is 3. The third-order valence-electron chi connectivity index (χ3n) is 4.42. The van der Waals surface area contributed by atoms with Crippen molar-refractivity contribution in [2.24, 2.45) is 0 Å². The van der Waals surface area contributed by atoms with E-state index in [-0.39, 0.29) is 18.0 Å². The fraction of sp³-hybridized carbons (Fsp3) is 0.143. The van der Waals surface area contributed by atoms with Crippen LogP contribution in [0.2, 0.25) is 0 Å². The SMILES string of the molecule is O=C(CCc1ccccc1)NCc1nc2c(cnn2-c2ccccc2)c(=O)[nH]1. The normalized spacial score (nSPS) is 10.9. The number of aromatic nitrogens is 4. The highest BCUT2D eigenvalue weighted by molar-refractivity contribution is 5.77. The maximum Gasteiger partial charge on any atom is 0.262 e. The van der Waals surface area contributed by atoms with E-state index in [1.165, 1.54) is 6.20 Å². The number of para-hydroxylation sites is 1. The zero-order valence-electron chi connectivity index (χ0n) is 15.1. The number of aryl methyl sites for hydroxylation is 1. The molecule has 140 valence electrons. The van der Waals surface area contributed by atoms with Crippen molar-refractivity contribution in [3.05, 3.63) is 88.6 Å². The van der Waals surface area contributed by atoms with Crippen molar-refractivity contribution < 1.29 is 4.79 Å². The maximum atomic E-state index is 12.3. The fourth-order valence-electron chi connectivity index (χ4n) is 2.98. The van der Waals surface area contributed by atoms with Crippen molar-refractivity contribution >= 4 is 16.9 Å². The first-order valence-corrected chi connectivity index (χ1v) is 9.04. The number of rotatable bonds is 6. The minimum Gasteiger partial charge on any atom is -0.349 e. The number of hydrogen-bond acceptors (Lipinski definition) is 4. The quantitative estimate of drug-likeness (QED) is 0.543. The summed E-state index contributed by atoms with van der Waals surface area (Å²) >= 11 is 0. The lowest BCUT2D eigenvalue weighted by Crippen LogP contribution is -2.25. The molecule has 2 N–H and O–H groups in total. The molecule has 0 aliphatic heterocycles. The number of carbonyl (C=O) groups is 1. The van der Waals surface area contributed by atoms with Crippen LogP contribution in [0.3, 0.4) is 0 Å². The topological polar surface area (TPSA) is 92.7 Å². The second kappa shape index (κ2) is 7.87. The van der Waals surface area contributed by atoms with E-state index < -0.39 is 0 Å². The molecule has 0 atom stereocenters. The number of nitrogens with one attached hydrogen (secondary N) is 2. The molecule has 0 radical (unpaired) electrons. The summed E-state index contributed by atoms with van der Waals surface area (Å²) in [5, 5.41) is 7.49. The van der Waals surface area contributed by atoms with E-state index in [0.29, 0.717) is 29.7 Å². The Morgan fingerprint density at radius 1 is 1.04 bits per heavy atom. The summed E-state index contributed by atoms with van der Waals surface area (Å²) in [5.41, 5.74) is 2.11. The Bertz CT molecular complexity index is 1150. The molecule has 0 aliphatic rings. The Balaban J connectivity index is 1.48. The van der Waals surface area contributed by atoms with Gasteiger partial charge in [0.05, 0.1) is 18.4 Å². The van der Waals surface area contributed by atoms with Gasteiger partial charge < -0.3 is 10.3 Å². The molecule has 0 saturated heterocycles. The van der Waals surface area contributed by atoms with Crippen LogP contribution in [-0.4, -0.2) is 25.7 Å². The van der Waals surface area contributed by atoms with Gasteiger partial charge in [0.15, 0.2) is 5.65 Å². The van der Waals surface area contributed by atoms with Crippen LogP contribution in [0.4, 0.5) is 0 Å². The average molecular weight is 373 g/mol. The summed E-state index contributed by atoms with van der Waals surface area (Å²) in [6, 6.07) is 19.3. The summed E-state index contributed by atoms with van der Waals surface area (Å²) in [7, 11) is 0. The molecule has 4 aromatic rings. The molecule has 1 amide bonds. The third kappa shape index (κ3) is 3.83. The van der Waals surface area contributed by atoms with Gasteiger partial charge in [-0.15, -0.1) is 0 Å². The molecule has 4 rings (SSSR count). The van der Waals surface area contributed by atoms with E-state index in [2.05, 4.69) is 20.4 Å². The minimum absolute atomic E-state index is 0.0943. The lowest BCUT2D eigenvalue weighted by Gasteiger charge is -2.06. The van der Waals surface area contributed by atoms with Gasteiger partial charge >= 0.3 is 0 Å². The smallest absolute Gasteiger partial charge is 0.262 e. The van der Waals surface area contributed by atoms with Crippen LogP contribution in [-0.2, 0) is 17.8 Å². The van der Waals surface area contributed by atoms with Crippen LogP contribution in [0.5, 0.6) is 0 Å². The van der Waals surface area contributed by atoms with Crippen molar-refractivity contribution in [2.75, 3.05) is 0 Å². The number of aromatic amines is 1. The van der Waals surface area contributed by atoms with Crippen LogP contribution in [0.1, 0.15) is 17.8 Å². The van der Waals surface area contributed by atoms with Crippen LogP contribution in [0.15, 0.2) is 71.7 Å². The highest BCUT2D eigenvalue weighted by atomic mass is 16.1. The maximum absolute atomic E-state index is 12.3. The van der Waals surface area contributed by atoms with Gasteiger partial charge in [-0.05, 0) is 24.1 Å². The number of fused-ring (bicyclic) bond motifs is 1. The Morgan fingerprint density at radius 3 is 2.50 bits per heavy atom. The first-order chi connectivity index (χ1) is 13.7. The number of hydrogen-bond donors (Lipinski definition) is 2. The van der Waals surface area contributed by atoms with E-state index in [0.717, 1.165) is 11.3 Å². The molecule has 0 unspecified atom stereocenters. The summed E-state index contributed by atoms with van der Waals surface area (Å²) in [4.78, 5) is 31.7. The van der Waals surface area contributed by atoms with E-state index >= 15 is 0 Å². The van der Waals surface area contributed by atoms with Gasteiger partial charge in [0.2, 0.25) is 5.91 Å². The highest BCUT2D eigenvalue weighted by Gasteiger charge is 2.12. The number of H-pyrrole nitrogens is 1. The Morgan fingerprint density at radius 2 is 1.75 bits per heavy atom. The zero-order chi connectivity index (χ0) is 19.3. The van der Waals surface area contributed by atoms with Crippen LogP contribution in [0, 0.1) is 0 Å². The van der Waals surface area contributed by atoms with Crippen molar-refractivity contribution in [2.45, 2.75) is 19.4 Å². The van der Waals surface area contributed by atoms with Gasteiger partial charge in [0.1, 0.15) is 11.2 Å². The minimum atomic E-state index is -0.277. The van der Waals surface area contributed by atoms with Crippen molar-refractivity contribution in [1.82, 2.24) is 25.1 Å². The van der Waals surface area contributed by atoms with Gasteiger partial charge in [-0.3, -0.25) is 9.59 Å². The standard InChI is InChI=1S/C21H19N5O2/c27-19(12-11-15-7-3-1-4-8-15)22-14-18-24-20-17(21(28)25-18)13-23-26(20)16-9-5-2-6-10-16/h1-10,13H,11-12,14H2,(H,22,27)(H,24,25,28). The van der Waals surface area contributed by atoms with Crippen LogP contribution >= 0.6 is 0 Å². The Labute approximate surface area is 161 Å². The van der Waals surface area contributed by atoms with E-state index in [1.54, 1.807) is 4.68 Å². The highest BCUT2D eigenvalue weighted by Crippen LogP contribution is 2.13. The first kappa shape index (κ1) is 17.7. The first-order valence-electron chi connectivity index (χ1n) is 9.04. The summed E-state index contributed by atoms with van der Waals surface area (Å²) < 4.78 is 1.62. The van der Waals surface area contributed by atoms with Crippen molar-refractivity contribution in [3.63, 3.8) is 0 Å². The predicted octanol–water partition coefficient (Wildman–Crippen LogP) is 2.36. The van der Waals surface area contributed by atoms with Crippen molar-refractivity contribution in [1.29, 1.82) is 0 Å². The zero-order valence-corrected chi connectivity index (χ0v) is 15.1. The largest absolute Gasteiger partial charge is 0.349 e. The summed E-state index contributed by atoms with van der Waals surface area (Å²) in [6.07, 6.45) is 2.53. The summed E-state index contributed by atoms with van der Waals surface area (Å²) in [6.45, 7) is 0.152. The van der Waals surface area contributed by atoms with Gasteiger partial charge in [-0.25, -0.2) is 9.67 Å². The third-order valence-corrected chi connectivity index (χ3v) is 4.42. The average Bonchev–Trinajstić information content (AvgIpc) is 3.17. The molecule has 0 saturated carbocycles. The fourth-order valence-corrected chi connectivity index (χ4v) is 2.98. The van der Waals surface area contributed by atoms with Gasteiger partial charge in [-0.1, -0.05) is 48.5 Å². The predicted molar refractivity (Wildman–Crippen MR) is 106 cm³/mol. The van der Waals surface area contributed by atoms with Gasteiger partial charge in [-0.2, -0.15) is 5.10 Å². The molecule has 2 heterocycles. The molecule has 0 fully saturated rings. The van der Waals surface area contributed by atoms with E-state index in [4.69, 9.17) is 0 Å². The Hall–Kier alpha value is -3.74. The molecule has 0 aliphatic carbocycles. The Kier molecular flexibility index (Phi) is 4.97. The van der Waals surface area contributed by atoms with Gasteiger partial charge in [0.25, 0.3) is 5.56 Å². The molecule has 0 spiro atoms. The molecule has 2 aromatic heterocycles. The molecule has 2 aromatic carbocycles. The molecule has 7 heteroatoms. The van der Waals surface area contributed by atoms with Crippen LogP contribution in [0.25, 0.3) is 16.7 Å². The number of carbonyl (C=O) groups excluding carboxylic acids is 1. The molecule has 0 bridgehead atoms.